The Balaban J connectivity index is 2.46. The summed E-state index contributed by atoms with van der Waals surface area (Å²) in [5, 5.41) is 0.940. The quantitative estimate of drug-likeness (QED) is 0.715. The van der Waals surface area contributed by atoms with E-state index in [1.807, 2.05) is 44.2 Å². The molecule has 2 rings (SSSR count). The van der Waals surface area contributed by atoms with Crippen molar-refractivity contribution in [1.82, 2.24) is 0 Å². The molecule has 19 heavy (non-hydrogen) atoms. The Morgan fingerprint density at radius 1 is 1.00 bits per heavy atom. The van der Waals surface area contributed by atoms with Gasteiger partial charge in [0, 0.05) is 10.6 Å². The fraction of sp³-hybridized carbons (Fsp3) is 0.188. The monoisotopic (exact) mass is 292 g/mol. The first kappa shape index (κ1) is 14.1. The number of benzene rings is 2. The van der Waals surface area contributed by atoms with Gasteiger partial charge in [-0.1, -0.05) is 53.5 Å². The Kier molecular flexibility index (Phi) is 3.98. The molecule has 0 aliphatic carbocycles. The molecule has 0 aliphatic rings. The maximum Gasteiger partial charge on any atom is 0.174 e. The van der Waals surface area contributed by atoms with Crippen LogP contribution in [0.15, 0.2) is 48.5 Å². The van der Waals surface area contributed by atoms with Gasteiger partial charge in [-0.05, 0) is 37.6 Å². The normalized spacial score (nSPS) is 11.4. The van der Waals surface area contributed by atoms with Crippen LogP contribution in [0.1, 0.15) is 29.8 Å². The second-order valence-electron chi connectivity index (χ2n) is 4.94. The first-order valence-electron chi connectivity index (χ1n) is 5.98. The molecular weight excluding hydrogens is 279 g/mol. The Morgan fingerprint density at radius 3 is 2.26 bits per heavy atom. The maximum absolute atomic E-state index is 12.7. The highest BCUT2D eigenvalue weighted by molar-refractivity contribution is 6.36. The zero-order valence-corrected chi connectivity index (χ0v) is 12.3. The molecule has 98 valence electrons. The van der Waals surface area contributed by atoms with Crippen molar-refractivity contribution in [2.75, 3.05) is 0 Å². The molecule has 0 spiro atoms. The van der Waals surface area contributed by atoms with Crippen LogP contribution < -0.4 is 0 Å². The summed E-state index contributed by atoms with van der Waals surface area (Å²) in [6.07, 6.45) is 0. The van der Waals surface area contributed by atoms with Crippen LogP contribution in [0.5, 0.6) is 0 Å². The standard InChI is InChI=1S/C16H14Cl2O/c1-16(2,11-6-4-3-5-7-11)15(19)13-10-12(17)8-9-14(13)18/h3-10H,1-2H3. The molecule has 2 aromatic carbocycles. The van der Waals surface area contributed by atoms with Gasteiger partial charge in [-0.3, -0.25) is 4.79 Å². The van der Waals surface area contributed by atoms with E-state index in [0.717, 1.165) is 5.56 Å². The van der Waals surface area contributed by atoms with Crippen molar-refractivity contribution in [2.45, 2.75) is 19.3 Å². The molecule has 0 aromatic heterocycles. The number of ketones is 1. The molecule has 2 aromatic rings. The van der Waals surface area contributed by atoms with E-state index in [1.54, 1.807) is 18.2 Å². The van der Waals surface area contributed by atoms with Gasteiger partial charge in [-0.2, -0.15) is 0 Å². The molecule has 0 heterocycles. The van der Waals surface area contributed by atoms with E-state index in [2.05, 4.69) is 0 Å². The lowest BCUT2D eigenvalue weighted by atomic mass is 9.78. The SMILES string of the molecule is CC(C)(C(=O)c1cc(Cl)ccc1Cl)c1ccccc1. The summed E-state index contributed by atoms with van der Waals surface area (Å²) in [4.78, 5) is 12.7. The van der Waals surface area contributed by atoms with Gasteiger partial charge in [-0.25, -0.2) is 0 Å². The number of carbonyl (C=O) groups excluding carboxylic acids is 1. The van der Waals surface area contributed by atoms with Crippen LogP contribution in [0.2, 0.25) is 10.0 Å². The lowest BCUT2D eigenvalue weighted by Gasteiger charge is -2.24. The third-order valence-electron chi connectivity index (χ3n) is 3.24. The smallest absolute Gasteiger partial charge is 0.174 e. The van der Waals surface area contributed by atoms with Crippen molar-refractivity contribution in [3.8, 4) is 0 Å². The fourth-order valence-corrected chi connectivity index (χ4v) is 2.37. The highest BCUT2D eigenvalue weighted by Crippen LogP contribution is 2.31. The molecule has 0 radical (unpaired) electrons. The van der Waals surface area contributed by atoms with Crippen LogP contribution in [0.25, 0.3) is 0 Å². The van der Waals surface area contributed by atoms with Crippen LogP contribution in [0, 0.1) is 0 Å². The van der Waals surface area contributed by atoms with E-state index < -0.39 is 5.41 Å². The number of halogens is 2. The minimum atomic E-state index is -0.643. The Hall–Kier alpha value is -1.31. The number of hydrogen-bond donors (Lipinski definition) is 0. The average molecular weight is 293 g/mol. The van der Waals surface area contributed by atoms with Crippen molar-refractivity contribution in [3.05, 3.63) is 69.7 Å². The van der Waals surface area contributed by atoms with E-state index >= 15 is 0 Å². The second kappa shape index (κ2) is 5.36. The van der Waals surface area contributed by atoms with E-state index in [1.165, 1.54) is 0 Å². The lowest BCUT2D eigenvalue weighted by Crippen LogP contribution is -2.29. The first-order valence-corrected chi connectivity index (χ1v) is 6.74. The van der Waals surface area contributed by atoms with E-state index in [9.17, 15) is 4.79 Å². The topological polar surface area (TPSA) is 17.1 Å². The fourth-order valence-electron chi connectivity index (χ4n) is 1.99. The molecule has 0 saturated heterocycles. The summed E-state index contributed by atoms with van der Waals surface area (Å²) in [7, 11) is 0. The summed E-state index contributed by atoms with van der Waals surface area (Å²) in [5.41, 5.74) is 0.773. The van der Waals surface area contributed by atoms with Crippen molar-refractivity contribution in [2.24, 2.45) is 0 Å². The molecule has 0 saturated carbocycles. The largest absolute Gasteiger partial charge is 0.293 e. The zero-order chi connectivity index (χ0) is 14.0. The van der Waals surface area contributed by atoms with E-state index in [4.69, 9.17) is 23.2 Å². The number of Topliss-reactive ketones (excluding diaryl/α,β-unsaturated/α-hetero) is 1. The predicted octanol–water partition coefficient (Wildman–Crippen LogP) is 5.15. The van der Waals surface area contributed by atoms with Gasteiger partial charge in [0.25, 0.3) is 0 Å². The third kappa shape index (κ3) is 2.83. The van der Waals surface area contributed by atoms with Crippen LogP contribution in [-0.4, -0.2) is 5.78 Å². The Morgan fingerprint density at radius 2 is 1.63 bits per heavy atom. The van der Waals surface area contributed by atoms with Gasteiger partial charge in [-0.15, -0.1) is 0 Å². The molecule has 0 aliphatic heterocycles. The summed E-state index contributed by atoms with van der Waals surface area (Å²) in [6.45, 7) is 3.78. The highest BCUT2D eigenvalue weighted by Gasteiger charge is 2.31. The van der Waals surface area contributed by atoms with Gasteiger partial charge >= 0.3 is 0 Å². The van der Waals surface area contributed by atoms with Gasteiger partial charge in [0.2, 0.25) is 0 Å². The molecule has 1 nitrogen and oxygen atoms in total. The van der Waals surface area contributed by atoms with Crippen LogP contribution in [0.4, 0.5) is 0 Å². The number of rotatable bonds is 3. The van der Waals surface area contributed by atoms with Crippen molar-refractivity contribution < 1.29 is 4.79 Å². The van der Waals surface area contributed by atoms with Crippen LogP contribution in [0.3, 0.4) is 0 Å². The summed E-state index contributed by atoms with van der Waals surface area (Å²) in [6, 6.07) is 14.6. The minimum Gasteiger partial charge on any atom is -0.293 e. The van der Waals surface area contributed by atoms with Gasteiger partial charge in [0.05, 0.1) is 10.4 Å². The highest BCUT2D eigenvalue weighted by atomic mass is 35.5. The zero-order valence-electron chi connectivity index (χ0n) is 10.8. The molecule has 0 amide bonds. The molecular formula is C16H14Cl2O. The molecule has 0 bridgehead atoms. The first-order chi connectivity index (χ1) is 8.93. The van der Waals surface area contributed by atoms with Crippen molar-refractivity contribution >= 4 is 29.0 Å². The lowest BCUT2D eigenvalue weighted by molar-refractivity contribution is 0.0909. The van der Waals surface area contributed by atoms with Gasteiger partial charge in [0.15, 0.2) is 5.78 Å². The average Bonchev–Trinajstić information content (AvgIpc) is 2.41. The number of carbonyl (C=O) groups is 1. The Labute approximate surface area is 123 Å². The summed E-state index contributed by atoms with van der Waals surface area (Å²) >= 11 is 12.1. The number of hydrogen-bond acceptors (Lipinski definition) is 1. The van der Waals surface area contributed by atoms with Gasteiger partial charge in [0.1, 0.15) is 0 Å². The van der Waals surface area contributed by atoms with Gasteiger partial charge < -0.3 is 0 Å². The van der Waals surface area contributed by atoms with Crippen molar-refractivity contribution in [1.29, 1.82) is 0 Å². The summed E-state index contributed by atoms with van der Waals surface area (Å²) in [5.74, 6) is -0.0359. The minimum absolute atomic E-state index is 0.0359. The molecule has 0 unspecified atom stereocenters. The van der Waals surface area contributed by atoms with Crippen LogP contribution >= 0.6 is 23.2 Å². The third-order valence-corrected chi connectivity index (χ3v) is 3.80. The van der Waals surface area contributed by atoms with E-state index in [0.29, 0.717) is 15.6 Å². The second-order valence-corrected chi connectivity index (χ2v) is 5.79. The molecule has 0 fully saturated rings. The molecule has 3 heteroatoms. The van der Waals surface area contributed by atoms with Crippen LogP contribution in [-0.2, 0) is 5.41 Å². The Bertz CT molecular complexity index is 603. The molecule has 0 atom stereocenters. The predicted molar refractivity (Wildman–Crippen MR) is 80.3 cm³/mol. The van der Waals surface area contributed by atoms with Crippen molar-refractivity contribution in [3.63, 3.8) is 0 Å². The maximum atomic E-state index is 12.7. The van der Waals surface area contributed by atoms with E-state index in [-0.39, 0.29) is 5.78 Å². The summed E-state index contributed by atoms with van der Waals surface area (Å²) < 4.78 is 0. The molecule has 0 N–H and O–H groups in total.